The van der Waals surface area contributed by atoms with E-state index in [1.54, 1.807) is 6.08 Å². The minimum atomic E-state index is -3.29. The summed E-state index contributed by atoms with van der Waals surface area (Å²) in [5.74, 6) is -4.37. The van der Waals surface area contributed by atoms with Crippen molar-refractivity contribution in [2.45, 2.75) is 45.0 Å². The molecule has 0 unspecified atom stereocenters. The van der Waals surface area contributed by atoms with Gasteiger partial charge in [0.1, 0.15) is 0 Å². The van der Waals surface area contributed by atoms with Crippen LogP contribution in [0.2, 0.25) is 0 Å². The van der Waals surface area contributed by atoms with Crippen molar-refractivity contribution < 1.29 is 18.3 Å². The van der Waals surface area contributed by atoms with Gasteiger partial charge in [0.15, 0.2) is 0 Å². The van der Waals surface area contributed by atoms with Crippen molar-refractivity contribution in [3.05, 3.63) is 12.2 Å². The summed E-state index contributed by atoms with van der Waals surface area (Å²) in [5.41, 5.74) is 0. The van der Waals surface area contributed by atoms with Crippen LogP contribution in [0.25, 0.3) is 0 Å². The normalized spacial score (nSPS) is 17.1. The highest BCUT2D eigenvalue weighted by molar-refractivity contribution is 5.83. The number of nitrogens with zero attached hydrogens (tertiary/aromatic N) is 1. The molecule has 5 heteroatoms. The molecular weight excluding hydrogens is 252 g/mol. The molecule has 0 atom stereocenters. The van der Waals surface area contributed by atoms with Gasteiger partial charge in [0, 0.05) is 19.5 Å². The molecule has 0 aromatic carbocycles. The SMILES string of the molecule is CCCCC/C=C/CC(F)(F)C(=O)N1CCOCC1. The lowest BCUT2D eigenvalue weighted by atomic mass is 10.1. The predicted octanol–water partition coefficient (Wildman–Crippen LogP) is 3.01. The van der Waals surface area contributed by atoms with E-state index in [-0.39, 0.29) is 13.1 Å². The molecule has 0 spiro atoms. The van der Waals surface area contributed by atoms with E-state index in [1.807, 2.05) is 0 Å². The summed E-state index contributed by atoms with van der Waals surface area (Å²) in [7, 11) is 0. The van der Waals surface area contributed by atoms with E-state index in [2.05, 4.69) is 6.92 Å². The van der Waals surface area contributed by atoms with Gasteiger partial charge in [-0.05, 0) is 12.8 Å². The van der Waals surface area contributed by atoms with Gasteiger partial charge in [0.25, 0.3) is 5.91 Å². The Morgan fingerprint density at radius 2 is 1.95 bits per heavy atom. The third kappa shape index (κ3) is 5.68. The Morgan fingerprint density at radius 1 is 1.26 bits per heavy atom. The molecule has 0 aromatic rings. The van der Waals surface area contributed by atoms with Gasteiger partial charge in [0.05, 0.1) is 13.2 Å². The number of amides is 1. The lowest BCUT2D eigenvalue weighted by Crippen LogP contribution is -2.48. The van der Waals surface area contributed by atoms with Gasteiger partial charge in [-0.1, -0.05) is 31.9 Å². The lowest BCUT2D eigenvalue weighted by Gasteiger charge is -2.29. The average Bonchev–Trinajstić information content (AvgIpc) is 2.43. The van der Waals surface area contributed by atoms with Gasteiger partial charge in [-0.2, -0.15) is 8.78 Å². The molecule has 3 nitrogen and oxygen atoms in total. The van der Waals surface area contributed by atoms with Gasteiger partial charge in [-0.15, -0.1) is 0 Å². The van der Waals surface area contributed by atoms with Crippen LogP contribution in [0.3, 0.4) is 0 Å². The predicted molar refractivity (Wildman–Crippen MR) is 70.2 cm³/mol. The van der Waals surface area contributed by atoms with E-state index in [0.717, 1.165) is 25.7 Å². The van der Waals surface area contributed by atoms with E-state index in [0.29, 0.717) is 13.2 Å². The highest BCUT2D eigenvalue weighted by Gasteiger charge is 2.41. The zero-order valence-corrected chi connectivity index (χ0v) is 11.5. The highest BCUT2D eigenvalue weighted by Crippen LogP contribution is 2.23. The van der Waals surface area contributed by atoms with Gasteiger partial charge in [-0.25, -0.2) is 0 Å². The molecule has 0 saturated carbocycles. The minimum Gasteiger partial charge on any atom is -0.378 e. The lowest BCUT2D eigenvalue weighted by molar-refractivity contribution is -0.160. The Bertz CT molecular complexity index is 300. The van der Waals surface area contributed by atoms with E-state index in [1.165, 1.54) is 11.0 Å². The number of hydrogen-bond donors (Lipinski definition) is 0. The molecule has 1 fully saturated rings. The van der Waals surface area contributed by atoms with Crippen LogP contribution in [0.4, 0.5) is 8.78 Å². The summed E-state index contributed by atoms with van der Waals surface area (Å²) in [4.78, 5) is 12.9. The number of carbonyl (C=O) groups is 1. The van der Waals surface area contributed by atoms with Crippen LogP contribution in [-0.2, 0) is 9.53 Å². The fraction of sp³-hybridized carbons (Fsp3) is 0.786. The summed E-state index contributed by atoms with van der Waals surface area (Å²) in [6, 6.07) is 0. The van der Waals surface area contributed by atoms with Crippen LogP contribution in [0.5, 0.6) is 0 Å². The first-order chi connectivity index (χ1) is 9.08. The standard InChI is InChI=1S/C14H23F2NO2/c1-2-3-4-5-6-7-8-14(15,16)13(18)17-9-11-19-12-10-17/h6-7H,2-5,8-12H2,1H3/b7-6+. The molecule has 0 aromatic heterocycles. The number of alkyl halides is 2. The van der Waals surface area contributed by atoms with Crippen molar-refractivity contribution in [3.8, 4) is 0 Å². The Kier molecular flexibility index (Phi) is 6.99. The molecule has 0 N–H and O–H groups in total. The Labute approximate surface area is 113 Å². The molecule has 1 heterocycles. The average molecular weight is 275 g/mol. The van der Waals surface area contributed by atoms with Crippen LogP contribution < -0.4 is 0 Å². The quantitative estimate of drug-likeness (QED) is 0.528. The Morgan fingerprint density at radius 3 is 2.58 bits per heavy atom. The molecule has 0 aliphatic carbocycles. The molecule has 0 bridgehead atoms. The number of allylic oxidation sites excluding steroid dienone is 2. The van der Waals surface area contributed by atoms with Crippen molar-refractivity contribution in [1.29, 1.82) is 0 Å². The molecule has 1 aliphatic rings. The van der Waals surface area contributed by atoms with Gasteiger partial charge < -0.3 is 9.64 Å². The van der Waals surface area contributed by atoms with Gasteiger partial charge in [0.2, 0.25) is 0 Å². The molecule has 1 rings (SSSR count). The van der Waals surface area contributed by atoms with Crippen molar-refractivity contribution in [1.82, 2.24) is 4.90 Å². The maximum atomic E-state index is 13.7. The van der Waals surface area contributed by atoms with Crippen molar-refractivity contribution in [2.24, 2.45) is 0 Å². The Balaban J connectivity index is 2.34. The third-order valence-electron chi connectivity index (χ3n) is 3.13. The molecule has 110 valence electrons. The van der Waals surface area contributed by atoms with Crippen molar-refractivity contribution in [3.63, 3.8) is 0 Å². The first-order valence-corrected chi connectivity index (χ1v) is 6.98. The van der Waals surface area contributed by atoms with Crippen LogP contribution in [0.15, 0.2) is 12.2 Å². The zero-order valence-electron chi connectivity index (χ0n) is 11.5. The third-order valence-corrected chi connectivity index (χ3v) is 3.13. The smallest absolute Gasteiger partial charge is 0.328 e. The van der Waals surface area contributed by atoms with Gasteiger partial charge in [-0.3, -0.25) is 4.79 Å². The maximum Gasteiger partial charge on any atom is 0.328 e. The fourth-order valence-electron chi connectivity index (χ4n) is 1.95. The summed E-state index contributed by atoms with van der Waals surface area (Å²) in [6.45, 7) is 3.30. The molecule has 1 amide bonds. The zero-order chi connectivity index (χ0) is 14.1. The fourth-order valence-corrected chi connectivity index (χ4v) is 1.95. The topological polar surface area (TPSA) is 29.5 Å². The molecular formula is C14H23F2NO2. The maximum absolute atomic E-state index is 13.7. The van der Waals surface area contributed by atoms with E-state index in [9.17, 15) is 13.6 Å². The second-order valence-electron chi connectivity index (χ2n) is 4.78. The first-order valence-electron chi connectivity index (χ1n) is 6.98. The summed E-state index contributed by atoms with van der Waals surface area (Å²) in [6.07, 6.45) is 6.69. The molecule has 0 radical (unpaired) electrons. The first kappa shape index (κ1) is 16.1. The van der Waals surface area contributed by atoms with E-state index >= 15 is 0 Å². The number of carbonyl (C=O) groups excluding carboxylic acids is 1. The van der Waals surface area contributed by atoms with Crippen LogP contribution in [0.1, 0.15) is 39.0 Å². The Hall–Kier alpha value is -0.970. The number of morpholine rings is 1. The summed E-state index contributed by atoms with van der Waals surface area (Å²) >= 11 is 0. The monoisotopic (exact) mass is 275 g/mol. The number of ether oxygens (including phenoxy) is 1. The van der Waals surface area contributed by atoms with Crippen LogP contribution in [0, 0.1) is 0 Å². The van der Waals surface area contributed by atoms with Gasteiger partial charge >= 0.3 is 5.92 Å². The molecule has 1 saturated heterocycles. The van der Waals surface area contributed by atoms with E-state index in [4.69, 9.17) is 4.74 Å². The van der Waals surface area contributed by atoms with Crippen molar-refractivity contribution in [2.75, 3.05) is 26.3 Å². The van der Waals surface area contributed by atoms with Crippen LogP contribution in [-0.4, -0.2) is 43.0 Å². The summed E-state index contributed by atoms with van der Waals surface area (Å²) in [5, 5.41) is 0. The number of halogens is 2. The molecule has 1 aliphatic heterocycles. The second kappa shape index (κ2) is 8.25. The van der Waals surface area contributed by atoms with E-state index < -0.39 is 18.3 Å². The largest absolute Gasteiger partial charge is 0.378 e. The highest BCUT2D eigenvalue weighted by atomic mass is 19.3. The van der Waals surface area contributed by atoms with Crippen molar-refractivity contribution >= 4 is 5.91 Å². The molecule has 19 heavy (non-hydrogen) atoms. The minimum absolute atomic E-state index is 0.259. The summed E-state index contributed by atoms with van der Waals surface area (Å²) < 4.78 is 32.4. The second-order valence-corrected chi connectivity index (χ2v) is 4.78. The number of rotatable bonds is 7. The number of hydrogen-bond acceptors (Lipinski definition) is 2. The number of unbranched alkanes of at least 4 members (excludes halogenated alkanes) is 3. The van der Waals surface area contributed by atoms with Crippen LogP contribution >= 0.6 is 0 Å².